The van der Waals surface area contributed by atoms with Gasteiger partial charge in [-0.1, -0.05) is 38.5 Å². The van der Waals surface area contributed by atoms with Crippen molar-refractivity contribution in [3.05, 3.63) is 0 Å². The normalized spacial score (nSPS) is 38.8. The maximum absolute atomic E-state index is 10.7. The van der Waals surface area contributed by atoms with Crippen LogP contribution in [0.1, 0.15) is 64.2 Å². The molecule has 0 bridgehead atoms. The molecule has 0 amide bonds. The number of aliphatic hydroxyl groups is 8. The second-order valence-electron chi connectivity index (χ2n) is 12.7. The molecule has 0 aromatic rings. The molecule has 2 heterocycles. The van der Waals surface area contributed by atoms with E-state index in [2.05, 4.69) is 0 Å². The molecule has 8 N–H and O–H groups in total. The fraction of sp³-hybridized carbons (Fsp3) is 1.00. The van der Waals surface area contributed by atoms with E-state index < -0.39 is 80.0 Å². The summed E-state index contributed by atoms with van der Waals surface area (Å²) in [6.07, 6.45) is -2.46. The molecule has 10 unspecified atom stereocenters. The van der Waals surface area contributed by atoms with Gasteiger partial charge in [-0.3, -0.25) is 0 Å². The molecule has 0 spiro atoms. The number of hydrogen-bond acceptors (Lipinski definition) is 14. The van der Waals surface area contributed by atoms with Gasteiger partial charge in [0.25, 0.3) is 0 Å². The van der Waals surface area contributed by atoms with Crippen molar-refractivity contribution in [2.24, 2.45) is 5.41 Å². The lowest BCUT2D eigenvalue weighted by Gasteiger charge is -2.44. The predicted octanol–water partition coefficient (Wildman–Crippen LogP) is -0.262. The van der Waals surface area contributed by atoms with Crippen LogP contribution in [0.2, 0.25) is 0 Å². The molecule has 2 saturated heterocycles. The van der Waals surface area contributed by atoms with Crippen molar-refractivity contribution in [3.8, 4) is 0 Å². The fourth-order valence-electron chi connectivity index (χ4n) is 6.23. The summed E-state index contributed by atoms with van der Waals surface area (Å²) in [5.41, 5.74) is -0.693. The van der Waals surface area contributed by atoms with E-state index in [9.17, 15) is 40.9 Å². The van der Waals surface area contributed by atoms with Gasteiger partial charge in [-0.05, 0) is 25.7 Å². The Kier molecular flexibility index (Phi) is 14.6. The van der Waals surface area contributed by atoms with Crippen LogP contribution in [-0.4, -0.2) is 151 Å². The lowest BCUT2D eigenvalue weighted by molar-refractivity contribution is -0.316. The minimum atomic E-state index is -1.57. The summed E-state index contributed by atoms with van der Waals surface area (Å²) < 4.78 is 23.6. The zero-order valence-corrected chi connectivity index (χ0v) is 26.4. The Hall–Kier alpha value is 0.220. The summed E-state index contributed by atoms with van der Waals surface area (Å²) in [6, 6.07) is 0. The number of thioether (sulfide) groups is 2. The van der Waals surface area contributed by atoms with Gasteiger partial charge in [0.1, 0.15) is 48.8 Å². The van der Waals surface area contributed by atoms with Crippen LogP contribution in [0.15, 0.2) is 0 Å². The van der Waals surface area contributed by atoms with Crippen molar-refractivity contribution < 1.29 is 59.8 Å². The van der Waals surface area contributed by atoms with Gasteiger partial charge in [0.15, 0.2) is 12.6 Å². The van der Waals surface area contributed by atoms with Gasteiger partial charge in [0.2, 0.25) is 0 Å². The molecule has 0 aromatic carbocycles. The SMILES string of the molecule is OCC1OC(OCC(COC2OC(CO)C(O)C(O)C2O)(CSC2CCCCC2)CSC2CCCCC2)C(O)C(O)C1O. The number of ether oxygens (including phenoxy) is 4. The van der Waals surface area contributed by atoms with Crippen LogP contribution >= 0.6 is 23.5 Å². The largest absolute Gasteiger partial charge is 0.394 e. The van der Waals surface area contributed by atoms with E-state index >= 15 is 0 Å². The Labute approximate surface area is 262 Å². The molecule has 2 aliphatic carbocycles. The highest BCUT2D eigenvalue weighted by molar-refractivity contribution is 8.00. The Bertz CT molecular complexity index is 733. The van der Waals surface area contributed by atoms with Crippen molar-refractivity contribution in [3.63, 3.8) is 0 Å². The van der Waals surface area contributed by atoms with Crippen molar-refractivity contribution in [2.45, 2.75) is 136 Å². The van der Waals surface area contributed by atoms with E-state index in [4.69, 9.17) is 18.9 Å². The topological polar surface area (TPSA) is 199 Å². The van der Waals surface area contributed by atoms with E-state index in [0.717, 1.165) is 25.7 Å². The molecule has 0 aromatic heterocycles. The van der Waals surface area contributed by atoms with Gasteiger partial charge in [0.05, 0.1) is 26.4 Å². The van der Waals surface area contributed by atoms with Crippen LogP contribution in [0, 0.1) is 5.41 Å². The van der Waals surface area contributed by atoms with Crippen molar-refractivity contribution >= 4 is 23.5 Å². The van der Waals surface area contributed by atoms with Crippen LogP contribution in [0.5, 0.6) is 0 Å². The Morgan fingerprint density at radius 3 is 1.26 bits per heavy atom. The molecule has 4 aliphatic rings. The maximum atomic E-state index is 10.7. The Morgan fingerprint density at radius 2 is 0.907 bits per heavy atom. The van der Waals surface area contributed by atoms with Crippen molar-refractivity contribution in [1.29, 1.82) is 0 Å². The third-order valence-electron chi connectivity index (χ3n) is 9.16. The molecule has 0 radical (unpaired) electrons. The zero-order valence-electron chi connectivity index (χ0n) is 24.8. The van der Waals surface area contributed by atoms with E-state index in [1.165, 1.54) is 38.5 Å². The first-order chi connectivity index (χ1) is 20.7. The molecule has 2 aliphatic heterocycles. The van der Waals surface area contributed by atoms with Gasteiger partial charge in [-0.2, -0.15) is 23.5 Å². The Balaban J connectivity index is 1.53. The zero-order chi connectivity index (χ0) is 31.0. The first-order valence-electron chi connectivity index (χ1n) is 15.8. The average molecular weight is 657 g/mol. The third-order valence-corrected chi connectivity index (χ3v) is 12.6. The predicted molar refractivity (Wildman–Crippen MR) is 161 cm³/mol. The van der Waals surface area contributed by atoms with E-state index in [1.54, 1.807) is 0 Å². The summed E-state index contributed by atoms with van der Waals surface area (Å²) in [6.45, 7) is -1.06. The molecule has 10 atom stereocenters. The number of hydrogen-bond donors (Lipinski definition) is 8. The first kappa shape index (κ1) is 36.1. The van der Waals surface area contributed by atoms with E-state index in [0.29, 0.717) is 22.0 Å². The van der Waals surface area contributed by atoms with Crippen LogP contribution in [0.25, 0.3) is 0 Å². The second-order valence-corrected chi connectivity index (χ2v) is 15.2. The molecule has 2 saturated carbocycles. The molecule has 43 heavy (non-hydrogen) atoms. The minimum Gasteiger partial charge on any atom is -0.394 e. The molecular formula is C29H52O12S2. The fourth-order valence-corrected chi connectivity index (χ4v) is 9.41. The van der Waals surface area contributed by atoms with Crippen LogP contribution in [0.3, 0.4) is 0 Å². The Morgan fingerprint density at radius 1 is 0.535 bits per heavy atom. The number of rotatable bonds is 14. The van der Waals surface area contributed by atoms with Crippen molar-refractivity contribution in [2.75, 3.05) is 37.9 Å². The van der Waals surface area contributed by atoms with Gasteiger partial charge in [-0.25, -0.2) is 0 Å². The lowest BCUT2D eigenvalue weighted by Crippen LogP contribution is -2.60. The second kappa shape index (κ2) is 17.4. The first-order valence-corrected chi connectivity index (χ1v) is 17.8. The van der Waals surface area contributed by atoms with Crippen molar-refractivity contribution in [1.82, 2.24) is 0 Å². The monoisotopic (exact) mass is 656 g/mol. The highest BCUT2D eigenvalue weighted by atomic mass is 32.2. The van der Waals surface area contributed by atoms with Gasteiger partial charge >= 0.3 is 0 Å². The quantitative estimate of drug-likeness (QED) is 0.122. The third kappa shape index (κ3) is 9.63. The van der Waals surface area contributed by atoms with E-state index in [1.807, 2.05) is 23.5 Å². The molecule has 14 heteroatoms. The maximum Gasteiger partial charge on any atom is 0.186 e. The van der Waals surface area contributed by atoms with Crippen LogP contribution < -0.4 is 0 Å². The highest BCUT2D eigenvalue weighted by Crippen LogP contribution is 2.40. The summed E-state index contributed by atoms with van der Waals surface area (Å²) in [4.78, 5) is 0. The van der Waals surface area contributed by atoms with E-state index in [-0.39, 0.29) is 13.2 Å². The van der Waals surface area contributed by atoms with Gasteiger partial charge in [-0.15, -0.1) is 0 Å². The highest BCUT2D eigenvalue weighted by Gasteiger charge is 2.47. The minimum absolute atomic E-state index is 0.0343. The number of aliphatic hydroxyl groups excluding tert-OH is 8. The molecule has 4 rings (SSSR count). The summed E-state index contributed by atoms with van der Waals surface area (Å²) in [7, 11) is 0. The standard InChI is InChI=1S/C29H52O12S2/c30-11-19-21(32)23(34)25(36)27(40-19)38-13-29(15-42-17-7-3-1-4-8-17,16-43-18-9-5-2-6-10-18)14-39-28-26(37)24(35)22(33)20(12-31)41-28/h17-28,30-37H,1-16H2. The lowest BCUT2D eigenvalue weighted by atomic mass is 9.94. The molecule has 12 nitrogen and oxygen atoms in total. The summed E-state index contributed by atoms with van der Waals surface area (Å²) in [5.74, 6) is 1.23. The summed E-state index contributed by atoms with van der Waals surface area (Å²) in [5, 5.41) is 82.6. The summed E-state index contributed by atoms with van der Waals surface area (Å²) >= 11 is 3.68. The molecule has 252 valence electrons. The van der Waals surface area contributed by atoms with Crippen LogP contribution in [0.4, 0.5) is 0 Å². The van der Waals surface area contributed by atoms with Crippen LogP contribution in [-0.2, 0) is 18.9 Å². The smallest absolute Gasteiger partial charge is 0.186 e. The average Bonchev–Trinajstić information content (AvgIpc) is 3.04. The van der Waals surface area contributed by atoms with Gasteiger partial charge < -0.3 is 59.8 Å². The molecular weight excluding hydrogens is 604 g/mol. The molecule has 4 fully saturated rings. The van der Waals surface area contributed by atoms with Gasteiger partial charge in [0, 0.05) is 27.4 Å².